The molecule has 1 atom stereocenters. The van der Waals surface area contributed by atoms with Gasteiger partial charge in [-0.15, -0.1) is 0 Å². The Hall–Kier alpha value is -1.69. The normalized spacial score (nSPS) is 17.7. The lowest BCUT2D eigenvalue weighted by Gasteiger charge is -2.32. The second-order valence-corrected chi connectivity index (χ2v) is 5.44. The number of likely N-dealkylation sites (tertiary alicyclic amines) is 1. The largest absolute Gasteiger partial charge is 0.368 e. The summed E-state index contributed by atoms with van der Waals surface area (Å²) in [5, 5.41) is 14.1. The Balaban J connectivity index is 1.93. The van der Waals surface area contributed by atoms with Crippen molar-refractivity contribution in [3.63, 3.8) is 0 Å². The van der Waals surface area contributed by atoms with Gasteiger partial charge in [0, 0.05) is 24.3 Å². The first-order valence-corrected chi connectivity index (χ1v) is 7.17. The highest BCUT2D eigenvalue weighted by Crippen LogP contribution is 2.20. The number of rotatable bonds is 5. The minimum Gasteiger partial charge on any atom is -0.368 e. The number of nitro groups is 1. The molecule has 1 aliphatic heterocycles. The Morgan fingerprint density at radius 3 is 2.80 bits per heavy atom. The lowest BCUT2D eigenvalue weighted by Crippen LogP contribution is -2.41. The molecule has 0 saturated carbocycles. The first-order valence-electron chi connectivity index (χ1n) is 7.17. The van der Waals surface area contributed by atoms with Crippen LogP contribution in [0.15, 0.2) is 12.3 Å². The van der Waals surface area contributed by atoms with E-state index in [1.165, 1.54) is 25.3 Å². The van der Waals surface area contributed by atoms with E-state index in [1.54, 1.807) is 13.1 Å². The lowest BCUT2D eigenvalue weighted by molar-refractivity contribution is -0.385. The molecule has 1 N–H and O–H groups in total. The number of nitrogens with zero attached hydrogens (tertiary/aromatic N) is 3. The van der Waals surface area contributed by atoms with Crippen LogP contribution in [-0.2, 0) is 0 Å². The number of hydrogen-bond acceptors (Lipinski definition) is 5. The van der Waals surface area contributed by atoms with Crippen LogP contribution in [0, 0.1) is 17.0 Å². The standard InChI is InChI=1S/C14H22N4O2/c1-11-9-15-14(8-13(11)18(19)20)16-10-12(2)17-6-4-3-5-7-17/h8-9,12H,3-7,10H2,1-2H3,(H,15,16). The van der Waals surface area contributed by atoms with Gasteiger partial charge in [-0.3, -0.25) is 15.0 Å². The van der Waals surface area contributed by atoms with Crippen molar-refractivity contribution in [3.05, 3.63) is 27.9 Å². The molecule has 1 fully saturated rings. The molecule has 1 aliphatic rings. The van der Waals surface area contributed by atoms with E-state index < -0.39 is 0 Å². The lowest BCUT2D eigenvalue weighted by atomic mass is 10.1. The summed E-state index contributed by atoms with van der Waals surface area (Å²) >= 11 is 0. The maximum atomic E-state index is 10.9. The summed E-state index contributed by atoms with van der Waals surface area (Å²) in [7, 11) is 0. The minimum atomic E-state index is -0.365. The number of nitrogens with one attached hydrogen (secondary N) is 1. The molecule has 1 aromatic heterocycles. The van der Waals surface area contributed by atoms with E-state index in [0.717, 1.165) is 19.6 Å². The van der Waals surface area contributed by atoms with Crippen molar-refractivity contribution < 1.29 is 4.92 Å². The molecule has 0 aromatic carbocycles. The van der Waals surface area contributed by atoms with Crippen LogP contribution >= 0.6 is 0 Å². The van der Waals surface area contributed by atoms with E-state index in [0.29, 0.717) is 17.4 Å². The van der Waals surface area contributed by atoms with Crippen molar-refractivity contribution in [1.82, 2.24) is 9.88 Å². The smallest absolute Gasteiger partial charge is 0.277 e. The molecule has 0 amide bonds. The highest BCUT2D eigenvalue weighted by atomic mass is 16.6. The monoisotopic (exact) mass is 278 g/mol. The van der Waals surface area contributed by atoms with Crippen molar-refractivity contribution in [3.8, 4) is 0 Å². The molecule has 6 heteroatoms. The van der Waals surface area contributed by atoms with Crippen molar-refractivity contribution in [1.29, 1.82) is 0 Å². The molecule has 0 spiro atoms. The first kappa shape index (κ1) is 14.7. The summed E-state index contributed by atoms with van der Waals surface area (Å²) in [6.45, 7) is 6.92. The van der Waals surface area contributed by atoms with Crippen LogP contribution in [0.25, 0.3) is 0 Å². The van der Waals surface area contributed by atoms with E-state index >= 15 is 0 Å². The van der Waals surface area contributed by atoms with Gasteiger partial charge in [0.15, 0.2) is 0 Å². The molecule has 0 radical (unpaired) electrons. The molecule has 0 aliphatic carbocycles. The van der Waals surface area contributed by atoms with Gasteiger partial charge in [0.1, 0.15) is 5.82 Å². The Morgan fingerprint density at radius 1 is 1.45 bits per heavy atom. The maximum Gasteiger partial charge on any atom is 0.277 e. The Labute approximate surface area is 119 Å². The van der Waals surface area contributed by atoms with Crippen LogP contribution in [0.2, 0.25) is 0 Å². The van der Waals surface area contributed by atoms with E-state index in [9.17, 15) is 10.1 Å². The van der Waals surface area contributed by atoms with Crippen molar-refractivity contribution in [2.75, 3.05) is 25.0 Å². The van der Waals surface area contributed by atoms with Crippen molar-refractivity contribution >= 4 is 11.5 Å². The van der Waals surface area contributed by atoms with E-state index in [2.05, 4.69) is 22.1 Å². The molecule has 110 valence electrons. The van der Waals surface area contributed by atoms with Gasteiger partial charge < -0.3 is 5.32 Å². The maximum absolute atomic E-state index is 10.9. The van der Waals surface area contributed by atoms with Gasteiger partial charge >= 0.3 is 0 Å². The second kappa shape index (κ2) is 6.65. The number of pyridine rings is 1. The van der Waals surface area contributed by atoms with E-state index in [4.69, 9.17) is 0 Å². The number of hydrogen-bond donors (Lipinski definition) is 1. The molecule has 1 aromatic rings. The predicted molar refractivity (Wildman–Crippen MR) is 79.0 cm³/mol. The number of aryl methyl sites for hydroxylation is 1. The van der Waals surface area contributed by atoms with E-state index in [1.807, 2.05) is 0 Å². The van der Waals surface area contributed by atoms with Gasteiger partial charge in [-0.1, -0.05) is 6.42 Å². The molecular weight excluding hydrogens is 256 g/mol. The van der Waals surface area contributed by atoms with E-state index in [-0.39, 0.29) is 10.6 Å². The molecule has 1 saturated heterocycles. The van der Waals surface area contributed by atoms with Crippen molar-refractivity contribution in [2.45, 2.75) is 39.2 Å². The summed E-state index contributed by atoms with van der Waals surface area (Å²) in [4.78, 5) is 17.2. The fourth-order valence-corrected chi connectivity index (χ4v) is 2.55. The summed E-state index contributed by atoms with van der Waals surface area (Å²) in [5.41, 5.74) is 0.706. The summed E-state index contributed by atoms with van der Waals surface area (Å²) in [6, 6.07) is 1.93. The fraction of sp³-hybridized carbons (Fsp3) is 0.643. The van der Waals surface area contributed by atoms with Gasteiger partial charge in [-0.25, -0.2) is 4.98 Å². The molecule has 6 nitrogen and oxygen atoms in total. The molecule has 0 bridgehead atoms. The zero-order chi connectivity index (χ0) is 14.5. The zero-order valence-electron chi connectivity index (χ0n) is 12.1. The topological polar surface area (TPSA) is 71.3 Å². The first-order chi connectivity index (χ1) is 9.58. The Bertz CT molecular complexity index is 472. The predicted octanol–water partition coefficient (Wildman–Crippen LogP) is 2.58. The Kier molecular flexibility index (Phi) is 4.89. The van der Waals surface area contributed by atoms with Crippen molar-refractivity contribution in [2.24, 2.45) is 0 Å². The van der Waals surface area contributed by atoms with Gasteiger partial charge in [-0.05, 0) is 39.8 Å². The summed E-state index contributed by atoms with van der Waals surface area (Å²) < 4.78 is 0. The zero-order valence-corrected chi connectivity index (χ0v) is 12.1. The van der Waals surface area contributed by atoms with Crippen LogP contribution in [-0.4, -0.2) is 40.5 Å². The van der Waals surface area contributed by atoms with Gasteiger partial charge in [0.2, 0.25) is 0 Å². The van der Waals surface area contributed by atoms with Crippen LogP contribution in [0.5, 0.6) is 0 Å². The molecule has 2 rings (SSSR count). The van der Waals surface area contributed by atoms with Gasteiger partial charge in [0.05, 0.1) is 11.0 Å². The minimum absolute atomic E-state index is 0.119. The number of aromatic nitrogens is 1. The Morgan fingerprint density at radius 2 is 2.15 bits per heavy atom. The highest BCUT2D eigenvalue weighted by molar-refractivity contribution is 5.48. The molecule has 2 heterocycles. The summed E-state index contributed by atoms with van der Waals surface area (Å²) in [5.74, 6) is 0.575. The van der Waals surface area contributed by atoms with Gasteiger partial charge in [0.25, 0.3) is 5.69 Å². The van der Waals surface area contributed by atoms with Crippen LogP contribution < -0.4 is 5.32 Å². The SMILES string of the molecule is Cc1cnc(NCC(C)N2CCCCC2)cc1[N+](=O)[O-]. The molecular formula is C14H22N4O2. The van der Waals surface area contributed by atoms with Crippen LogP contribution in [0.1, 0.15) is 31.7 Å². The highest BCUT2D eigenvalue weighted by Gasteiger charge is 2.17. The molecule has 20 heavy (non-hydrogen) atoms. The fourth-order valence-electron chi connectivity index (χ4n) is 2.55. The van der Waals surface area contributed by atoms with Crippen LogP contribution in [0.4, 0.5) is 11.5 Å². The number of anilines is 1. The average molecular weight is 278 g/mol. The van der Waals surface area contributed by atoms with Crippen LogP contribution in [0.3, 0.4) is 0 Å². The summed E-state index contributed by atoms with van der Waals surface area (Å²) in [6.07, 6.45) is 5.39. The quantitative estimate of drug-likeness (QED) is 0.662. The second-order valence-electron chi connectivity index (χ2n) is 5.44. The third-order valence-corrected chi connectivity index (χ3v) is 3.86. The third-order valence-electron chi connectivity index (χ3n) is 3.86. The number of piperidine rings is 1. The third kappa shape index (κ3) is 3.66. The van der Waals surface area contributed by atoms with Gasteiger partial charge in [-0.2, -0.15) is 0 Å². The average Bonchev–Trinajstić information content (AvgIpc) is 2.46. The molecule has 1 unspecified atom stereocenters.